The van der Waals surface area contributed by atoms with Gasteiger partial charge in [0.05, 0.1) is 13.2 Å². The molecule has 4 heterocycles. The van der Waals surface area contributed by atoms with Crippen LogP contribution in [0.15, 0.2) is 12.4 Å². The van der Waals surface area contributed by atoms with Gasteiger partial charge in [-0.15, -0.1) is 0 Å². The topological polar surface area (TPSA) is 75.9 Å². The van der Waals surface area contributed by atoms with Crippen molar-refractivity contribution in [3.63, 3.8) is 0 Å². The maximum absolute atomic E-state index is 12.7. The van der Waals surface area contributed by atoms with Crippen LogP contribution in [0.2, 0.25) is 0 Å². The summed E-state index contributed by atoms with van der Waals surface area (Å²) in [5.74, 6) is 1.60. The van der Waals surface area contributed by atoms with Gasteiger partial charge in [-0.25, -0.2) is 4.98 Å². The van der Waals surface area contributed by atoms with Gasteiger partial charge in [0.25, 0.3) is 11.7 Å². The Morgan fingerprint density at radius 3 is 2.92 bits per heavy atom. The average Bonchev–Trinajstić information content (AvgIpc) is 3.09. The summed E-state index contributed by atoms with van der Waals surface area (Å²) in [5.41, 5.74) is 0.885. The highest BCUT2D eigenvalue weighted by Crippen LogP contribution is 2.20. The first kappa shape index (κ1) is 15.3. The summed E-state index contributed by atoms with van der Waals surface area (Å²) < 4.78 is 7.50. The normalized spacial score (nSPS) is 22.1. The van der Waals surface area contributed by atoms with Crippen molar-refractivity contribution in [2.75, 3.05) is 37.7 Å². The predicted molar refractivity (Wildman–Crippen MR) is 87.9 cm³/mol. The summed E-state index contributed by atoms with van der Waals surface area (Å²) in [6.45, 7) is 5.42. The van der Waals surface area contributed by atoms with E-state index in [1.54, 1.807) is 4.52 Å². The fraction of sp³-hybridized carbons (Fsp3) is 0.625. The number of nitrogens with zero attached hydrogens (tertiary/aromatic N) is 6. The molecular weight excluding hydrogens is 308 g/mol. The summed E-state index contributed by atoms with van der Waals surface area (Å²) >= 11 is 0. The molecule has 4 rings (SSSR count). The highest BCUT2D eigenvalue weighted by atomic mass is 16.5. The molecule has 128 valence electrons. The highest BCUT2D eigenvalue weighted by molar-refractivity contribution is 5.82. The molecule has 0 radical (unpaired) electrons. The molecule has 2 fully saturated rings. The van der Waals surface area contributed by atoms with Crippen LogP contribution in [0.4, 0.5) is 5.82 Å². The van der Waals surface area contributed by atoms with E-state index in [0.29, 0.717) is 18.9 Å². The van der Waals surface area contributed by atoms with Gasteiger partial charge >= 0.3 is 0 Å². The van der Waals surface area contributed by atoms with Gasteiger partial charge in [-0.3, -0.25) is 4.79 Å². The first-order valence-electron chi connectivity index (χ1n) is 8.55. The van der Waals surface area contributed by atoms with Crippen LogP contribution in [-0.2, 0) is 9.53 Å². The summed E-state index contributed by atoms with van der Waals surface area (Å²) in [7, 11) is 0. The molecule has 1 unspecified atom stereocenters. The second kappa shape index (κ2) is 6.35. The van der Waals surface area contributed by atoms with E-state index in [9.17, 15) is 4.79 Å². The number of carbonyl (C=O) groups is 1. The predicted octanol–water partition coefficient (Wildman–Crippen LogP) is 0.650. The molecule has 0 aromatic carbocycles. The molecule has 0 N–H and O–H groups in total. The Labute approximate surface area is 140 Å². The second-order valence-corrected chi connectivity index (χ2v) is 6.42. The number of hydrogen-bond acceptors (Lipinski definition) is 6. The van der Waals surface area contributed by atoms with E-state index in [-0.39, 0.29) is 5.91 Å². The van der Waals surface area contributed by atoms with Gasteiger partial charge in [-0.2, -0.15) is 14.6 Å². The number of amides is 1. The lowest BCUT2D eigenvalue weighted by molar-refractivity contribution is -0.145. The van der Waals surface area contributed by atoms with Gasteiger partial charge < -0.3 is 14.5 Å². The minimum Gasteiger partial charge on any atom is -0.365 e. The van der Waals surface area contributed by atoms with Crippen LogP contribution in [0.3, 0.4) is 0 Å². The van der Waals surface area contributed by atoms with Crippen molar-refractivity contribution in [1.29, 1.82) is 0 Å². The Bertz CT molecular complexity index is 739. The number of ether oxygens (including phenoxy) is 1. The Balaban J connectivity index is 1.55. The van der Waals surface area contributed by atoms with Gasteiger partial charge in [0.1, 0.15) is 12.1 Å². The van der Waals surface area contributed by atoms with Crippen LogP contribution >= 0.6 is 0 Å². The fourth-order valence-corrected chi connectivity index (χ4v) is 3.46. The molecule has 0 spiro atoms. The van der Waals surface area contributed by atoms with Crippen molar-refractivity contribution in [3.05, 3.63) is 18.1 Å². The number of fused-ring (bicyclic) bond motifs is 1. The average molecular weight is 330 g/mol. The number of anilines is 1. The van der Waals surface area contributed by atoms with E-state index in [2.05, 4.69) is 20.0 Å². The summed E-state index contributed by atoms with van der Waals surface area (Å²) in [6, 6.07) is 1.98. The van der Waals surface area contributed by atoms with Gasteiger partial charge in [0, 0.05) is 31.4 Å². The zero-order chi connectivity index (χ0) is 16.5. The van der Waals surface area contributed by atoms with Crippen LogP contribution in [0.5, 0.6) is 0 Å². The largest absolute Gasteiger partial charge is 0.365 e. The number of aryl methyl sites for hydroxylation is 1. The van der Waals surface area contributed by atoms with Crippen LogP contribution in [-0.4, -0.2) is 69.3 Å². The number of likely N-dealkylation sites (tertiary alicyclic amines) is 1. The maximum atomic E-state index is 12.7. The molecule has 0 saturated carbocycles. The van der Waals surface area contributed by atoms with E-state index >= 15 is 0 Å². The van der Waals surface area contributed by atoms with Crippen molar-refractivity contribution in [3.8, 4) is 0 Å². The van der Waals surface area contributed by atoms with Crippen molar-refractivity contribution in [2.24, 2.45) is 0 Å². The monoisotopic (exact) mass is 330 g/mol. The third kappa shape index (κ3) is 2.82. The van der Waals surface area contributed by atoms with Crippen molar-refractivity contribution in [1.82, 2.24) is 24.5 Å². The first-order chi connectivity index (χ1) is 11.7. The number of aromatic nitrogens is 4. The van der Waals surface area contributed by atoms with Crippen LogP contribution in [0.25, 0.3) is 5.78 Å². The zero-order valence-electron chi connectivity index (χ0n) is 13.9. The van der Waals surface area contributed by atoms with E-state index in [0.717, 1.165) is 44.0 Å². The molecule has 8 heteroatoms. The number of rotatable bonds is 2. The fourth-order valence-electron chi connectivity index (χ4n) is 3.46. The van der Waals surface area contributed by atoms with Gasteiger partial charge in [0.2, 0.25) is 0 Å². The van der Waals surface area contributed by atoms with E-state index in [1.807, 2.05) is 17.9 Å². The van der Waals surface area contributed by atoms with Crippen molar-refractivity contribution >= 4 is 17.5 Å². The summed E-state index contributed by atoms with van der Waals surface area (Å²) in [5, 5.41) is 4.26. The molecule has 2 aliphatic rings. The number of hydrogen-bond donors (Lipinski definition) is 0. The first-order valence-corrected chi connectivity index (χ1v) is 8.55. The second-order valence-electron chi connectivity index (χ2n) is 6.42. The van der Waals surface area contributed by atoms with Crippen LogP contribution < -0.4 is 4.90 Å². The Kier molecular flexibility index (Phi) is 4.05. The van der Waals surface area contributed by atoms with Crippen LogP contribution in [0.1, 0.15) is 25.0 Å². The van der Waals surface area contributed by atoms with E-state index in [4.69, 9.17) is 4.74 Å². The Morgan fingerprint density at radius 2 is 2.08 bits per heavy atom. The van der Waals surface area contributed by atoms with E-state index in [1.165, 1.54) is 12.7 Å². The molecule has 0 aliphatic carbocycles. The molecule has 0 bridgehead atoms. The molecule has 1 atom stereocenters. The molecule has 8 nitrogen and oxygen atoms in total. The minimum atomic E-state index is -0.413. The third-order valence-corrected chi connectivity index (χ3v) is 4.69. The molecule has 24 heavy (non-hydrogen) atoms. The Hall–Kier alpha value is -2.22. The lowest BCUT2D eigenvalue weighted by Gasteiger charge is -2.37. The smallest absolute Gasteiger partial charge is 0.254 e. The van der Waals surface area contributed by atoms with Gasteiger partial charge in [-0.1, -0.05) is 0 Å². The standard InChI is InChI=1S/C16H22N6O2/c1-12-9-14(22-16(19-12)17-11-18-22)21-7-8-24-13(10-21)15(23)20-5-3-2-4-6-20/h9,11,13H,2-8,10H2,1H3. The Morgan fingerprint density at radius 1 is 1.25 bits per heavy atom. The van der Waals surface area contributed by atoms with Gasteiger partial charge in [0.15, 0.2) is 6.10 Å². The molecular formula is C16H22N6O2. The molecule has 2 saturated heterocycles. The third-order valence-electron chi connectivity index (χ3n) is 4.69. The molecule has 2 aromatic rings. The number of morpholine rings is 1. The van der Waals surface area contributed by atoms with Crippen LogP contribution in [0, 0.1) is 6.92 Å². The van der Waals surface area contributed by atoms with Crippen molar-refractivity contribution < 1.29 is 9.53 Å². The quantitative estimate of drug-likeness (QED) is 0.805. The lowest BCUT2D eigenvalue weighted by Crippen LogP contribution is -2.52. The van der Waals surface area contributed by atoms with E-state index < -0.39 is 6.10 Å². The number of piperidine rings is 1. The molecule has 2 aromatic heterocycles. The molecule has 2 aliphatic heterocycles. The van der Waals surface area contributed by atoms with Gasteiger partial charge in [-0.05, 0) is 26.2 Å². The number of carbonyl (C=O) groups excluding carboxylic acids is 1. The summed E-state index contributed by atoms with van der Waals surface area (Å²) in [4.78, 5) is 25.4. The molecule has 1 amide bonds. The zero-order valence-corrected chi connectivity index (χ0v) is 13.9. The summed E-state index contributed by atoms with van der Waals surface area (Å²) in [6.07, 6.45) is 4.48. The maximum Gasteiger partial charge on any atom is 0.254 e. The minimum absolute atomic E-state index is 0.111. The SMILES string of the molecule is Cc1cc(N2CCOC(C(=O)N3CCCCC3)C2)n2ncnc2n1. The van der Waals surface area contributed by atoms with Crippen molar-refractivity contribution in [2.45, 2.75) is 32.3 Å². The highest BCUT2D eigenvalue weighted by Gasteiger charge is 2.32. The lowest BCUT2D eigenvalue weighted by atomic mass is 10.1.